The van der Waals surface area contributed by atoms with Crippen molar-refractivity contribution in [1.29, 1.82) is 0 Å². The van der Waals surface area contributed by atoms with Crippen molar-refractivity contribution in [3.63, 3.8) is 0 Å². The van der Waals surface area contributed by atoms with E-state index in [-0.39, 0.29) is 0 Å². The number of thioether (sulfide) groups is 1. The Morgan fingerprint density at radius 2 is 2.17 bits per heavy atom. The van der Waals surface area contributed by atoms with E-state index in [9.17, 15) is 0 Å². The molecule has 2 aromatic heterocycles. The lowest BCUT2D eigenvalue weighted by molar-refractivity contribution is 0.417. The Morgan fingerprint density at radius 1 is 1.33 bits per heavy atom. The highest BCUT2D eigenvalue weighted by Gasteiger charge is 2.09. The molecule has 6 nitrogen and oxygen atoms in total. The van der Waals surface area contributed by atoms with Gasteiger partial charge in [-0.15, -0.1) is 10.2 Å². The van der Waals surface area contributed by atoms with Gasteiger partial charge in [0.2, 0.25) is 5.89 Å². The molecule has 2 aromatic rings. The fourth-order valence-electron chi connectivity index (χ4n) is 1.43. The van der Waals surface area contributed by atoms with Crippen LogP contribution in [-0.4, -0.2) is 25.4 Å². The lowest BCUT2D eigenvalue weighted by Crippen LogP contribution is -1.96. The molecule has 0 unspecified atom stereocenters. The Kier molecular flexibility index (Phi) is 4.35. The van der Waals surface area contributed by atoms with Gasteiger partial charge in [-0.25, -0.2) is 4.98 Å². The third-order valence-corrected chi connectivity index (χ3v) is 3.08. The van der Waals surface area contributed by atoms with Crippen LogP contribution in [0, 0.1) is 5.92 Å². The van der Waals surface area contributed by atoms with Crippen molar-refractivity contribution in [2.45, 2.75) is 44.6 Å². The molecule has 0 spiro atoms. The smallest absolute Gasteiger partial charge is 0.277 e. The molecule has 0 aliphatic carbocycles. The van der Waals surface area contributed by atoms with Gasteiger partial charge in [-0.05, 0) is 5.92 Å². The van der Waals surface area contributed by atoms with E-state index in [1.165, 1.54) is 11.8 Å². The molecule has 0 saturated heterocycles. The Labute approximate surface area is 110 Å². The maximum absolute atomic E-state index is 5.40. The number of nitrogens with zero attached hydrogens (tertiary/aromatic N) is 4. The maximum atomic E-state index is 5.40. The Morgan fingerprint density at radius 3 is 2.83 bits per heavy atom. The number of nitrogens with one attached hydrogen (secondary N) is 1. The van der Waals surface area contributed by atoms with E-state index >= 15 is 0 Å². The summed E-state index contributed by atoms with van der Waals surface area (Å²) in [6, 6.07) is 0. The fourth-order valence-corrected chi connectivity index (χ4v) is 2.07. The molecule has 0 bridgehead atoms. The van der Waals surface area contributed by atoms with E-state index < -0.39 is 0 Å². The molecule has 0 amide bonds. The zero-order chi connectivity index (χ0) is 13.0. The van der Waals surface area contributed by atoms with Gasteiger partial charge in [0, 0.05) is 12.8 Å². The normalized spacial score (nSPS) is 11.3. The van der Waals surface area contributed by atoms with Gasteiger partial charge in [-0.2, -0.15) is 5.10 Å². The third kappa shape index (κ3) is 3.56. The second kappa shape index (κ2) is 5.99. The number of hydrogen-bond donors (Lipinski definition) is 1. The first-order chi connectivity index (χ1) is 8.67. The van der Waals surface area contributed by atoms with Crippen LogP contribution < -0.4 is 0 Å². The van der Waals surface area contributed by atoms with Crippen molar-refractivity contribution in [2.24, 2.45) is 5.92 Å². The highest BCUT2D eigenvalue weighted by Crippen LogP contribution is 2.19. The second-order valence-electron chi connectivity index (χ2n) is 4.40. The molecular formula is C11H17N5OS. The Balaban J connectivity index is 1.87. The molecule has 98 valence electrons. The van der Waals surface area contributed by atoms with Crippen LogP contribution in [0.3, 0.4) is 0 Å². The van der Waals surface area contributed by atoms with E-state index in [0.717, 1.165) is 24.5 Å². The minimum absolute atomic E-state index is 0.560. The van der Waals surface area contributed by atoms with Gasteiger partial charge in [-0.3, -0.25) is 5.10 Å². The molecule has 0 atom stereocenters. The molecule has 1 N–H and O–H groups in total. The average Bonchev–Trinajstić information content (AvgIpc) is 2.94. The molecular weight excluding hydrogens is 250 g/mol. The van der Waals surface area contributed by atoms with Gasteiger partial charge < -0.3 is 4.42 Å². The zero-order valence-electron chi connectivity index (χ0n) is 10.8. The van der Waals surface area contributed by atoms with Crippen molar-refractivity contribution in [3.8, 4) is 0 Å². The van der Waals surface area contributed by atoms with Gasteiger partial charge >= 0.3 is 0 Å². The average molecular weight is 267 g/mol. The summed E-state index contributed by atoms with van der Waals surface area (Å²) in [5.41, 5.74) is 0. The first kappa shape index (κ1) is 13.1. The lowest BCUT2D eigenvalue weighted by atomic mass is 10.1. The molecule has 0 fully saturated rings. The van der Waals surface area contributed by atoms with E-state index in [1.54, 1.807) is 0 Å². The first-order valence-electron chi connectivity index (χ1n) is 6.02. The van der Waals surface area contributed by atoms with Crippen LogP contribution in [0.1, 0.15) is 38.3 Å². The number of hydrogen-bond acceptors (Lipinski definition) is 6. The predicted molar refractivity (Wildman–Crippen MR) is 68.2 cm³/mol. The minimum Gasteiger partial charge on any atom is -0.416 e. The summed E-state index contributed by atoms with van der Waals surface area (Å²) in [7, 11) is 0. The van der Waals surface area contributed by atoms with Crippen LogP contribution in [0.2, 0.25) is 0 Å². The van der Waals surface area contributed by atoms with Crippen molar-refractivity contribution < 1.29 is 4.42 Å². The first-order valence-corrected chi connectivity index (χ1v) is 7.01. The quantitative estimate of drug-likeness (QED) is 0.808. The van der Waals surface area contributed by atoms with Crippen LogP contribution in [0.15, 0.2) is 9.64 Å². The van der Waals surface area contributed by atoms with Gasteiger partial charge in [0.1, 0.15) is 5.82 Å². The number of H-pyrrole nitrogens is 1. The summed E-state index contributed by atoms with van der Waals surface area (Å²) >= 11 is 1.47. The van der Waals surface area contributed by atoms with Gasteiger partial charge in [0.25, 0.3) is 5.22 Å². The number of aryl methyl sites for hydroxylation is 1. The minimum atomic E-state index is 0.560. The van der Waals surface area contributed by atoms with Crippen LogP contribution in [0.5, 0.6) is 0 Å². The summed E-state index contributed by atoms with van der Waals surface area (Å²) in [5.74, 6) is 3.59. The van der Waals surface area contributed by atoms with Gasteiger partial charge in [-0.1, -0.05) is 32.5 Å². The molecule has 2 rings (SSSR count). The molecule has 18 heavy (non-hydrogen) atoms. The zero-order valence-corrected chi connectivity index (χ0v) is 11.6. The van der Waals surface area contributed by atoms with Crippen LogP contribution in [-0.2, 0) is 18.6 Å². The van der Waals surface area contributed by atoms with Gasteiger partial charge in [0.15, 0.2) is 5.82 Å². The summed E-state index contributed by atoms with van der Waals surface area (Å²) in [4.78, 5) is 4.42. The molecule has 0 radical (unpaired) electrons. The summed E-state index contributed by atoms with van der Waals surface area (Å²) in [6.07, 6.45) is 1.65. The van der Waals surface area contributed by atoms with Crippen LogP contribution in [0.4, 0.5) is 0 Å². The Hall–Kier alpha value is -1.37. The molecule has 0 aliphatic rings. The molecule has 0 saturated carbocycles. The largest absolute Gasteiger partial charge is 0.416 e. The topological polar surface area (TPSA) is 80.5 Å². The van der Waals surface area contributed by atoms with Crippen molar-refractivity contribution in [3.05, 3.63) is 17.5 Å². The third-order valence-electron chi connectivity index (χ3n) is 2.25. The molecule has 0 aliphatic heterocycles. The standard InChI is InChI=1S/C11H17N5OS/c1-4-10-15-16-11(17-10)18-6-9-12-8(13-14-9)5-7(2)3/h7H,4-6H2,1-3H3,(H,12,13,14). The number of aromatic nitrogens is 5. The molecule has 0 aromatic carbocycles. The highest BCUT2D eigenvalue weighted by molar-refractivity contribution is 7.98. The second-order valence-corrected chi connectivity index (χ2v) is 5.33. The van der Waals surface area contributed by atoms with Crippen molar-refractivity contribution in [1.82, 2.24) is 25.4 Å². The molecule has 2 heterocycles. The SMILES string of the molecule is CCc1nnc(SCc2nc(CC(C)C)n[nH]2)o1. The number of aromatic amines is 1. The number of rotatable bonds is 6. The maximum Gasteiger partial charge on any atom is 0.277 e. The van der Waals surface area contributed by atoms with Gasteiger partial charge in [0.05, 0.1) is 5.75 Å². The highest BCUT2D eigenvalue weighted by atomic mass is 32.2. The summed E-state index contributed by atoms with van der Waals surface area (Å²) in [5, 5.41) is 15.5. The van der Waals surface area contributed by atoms with Crippen LogP contribution >= 0.6 is 11.8 Å². The molecule has 7 heteroatoms. The Bertz CT molecular complexity index is 493. The van der Waals surface area contributed by atoms with E-state index in [2.05, 4.69) is 39.2 Å². The lowest BCUT2D eigenvalue weighted by Gasteiger charge is -1.97. The van der Waals surface area contributed by atoms with E-state index in [0.29, 0.717) is 22.8 Å². The van der Waals surface area contributed by atoms with Crippen molar-refractivity contribution in [2.75, 3.05) is 0 Å². The van der Waals surface area contributed by atoms with Crippen LogP contribution in [0.25, 0.3) is 0 Å². The fraction of sp³-hybridized carbons (Fsp3) is 0.636. The van der Waals surface area contributed by atoms with Crippen molar-refractivity contribution >= 4 is 11.8 Å². The summed E-state index contributed by atoms with van der Waals surface area (Å²) < 4.78 is 5.40. The van der Waals surface area contributed by atoms with E-state index in [4.69, 9.17) is 4.42 Å². The van der Waals surface area contributed by atoms with E-state index in [1.807, 2.05) is 6.92 Å². The summed E-state index contributed by atoms with van der Waals surface area (Å²) in [6.45, 7) is 6.28. The predicted octanol–water partition coefficient (Wildman–Crippen LogP) is 2.24. The monoisotopic (exact) mass is 267 g/mol.